The molecule has 0 N–H and O–H groups in total. The maximum atomic E-state index is 13.6. The molecule has 2 atom stereocenters. The largest absolute Gasteiger partial charge is 0.378 e. The fraction of sp³-hybridized carbons (Fsp3) is 0.462. The summed E-state index contributed by atoms with van der Waals surface area (Å²) in [5, 5.41) is 0. The van der Waals surface area contributed by atoms with Crippen molar-refractivity contribution >= 4 is 21.7 Å². The number of hydrogen-bond acceptors (Lipinski definition) is 2. The van der Waals surface area contributed by atoms with E-state index in [1.54, 1.807) is 12.1 Å². The van der Waals surface area contributed by atoms with Crippen molar-refractivity contribution in [3.63, 3.8) is 0 Å². The zero-order chi connectivity index (χ0) is 12.4. The highest BCUT2D eigenvalue weighted by molar-refractivity contribution is 9.10. The van der Waals surface area contributed by atoms with Crippen molar-refractivity contribution in [1.29, 1.82) is 0 Å². The van der Waals surface area contributed by atoms with Crippen LogP contribution in [-0.4, -0.2) is 18.5 Å². The average Bonchev–Trinajstić information content (AvgIpc) is 2.68. The lowest BCUT2D eigenvalue weighted by molar-refractivity contribution is -0.123. The van der Waals surface area contributed by atoms with Crippen molar-refractivity contribution in [3.05, 3.63) is 34.1 Å². The number of ketones is 1. The lowest BCUT2D eigenvalue weighted by Crippen LogP contribution is -2.23. The van der Waals surface area contributed by atoms with Gasteiger partial charge in [-0.05, 0) is 31.0 Å². The van der Waals surface area contributed by atoms with Crippen LogP contribution in [0, 0.1) is 11.7 Å². The summed E-state index contributed by atoms with van der Waals surface area (Å²) in [4.78, 5) is 12.0. The standard InChI is InChI=1S/C13H14BrFO2/c1-8-11(4-5-17-8)13(16)6-9-2-3-10(14)7-12(9)15/h2-3,7-8,11H,4-6H2,1H3. The van der Waals surface area contributed by atoms with Gasteiger partial charge in [-0.1, -0.05) is 22.0 Å². The Balaban J connectivity index is 2.07. The normalized spacial score (nSPS) is 23.9. The van der Waals surface area contributed by atoms with Gasteiger partial charge in [-0.2, -0.15) is 0 Å². The van der Waals surface area contributed by atoms with Gasteiger partial charge in [0.05, 0.1) is 6.10 Å². The number of Topliss-reactive ketones (excluding diaryl/α,β-unsaturated/α-hetero) is 1. The number of carbonyl (C=O) groups is 1. The molecule has 17 heavy (non-hydrogen) atoms. The van der Waals surface area contributed by atoms with E-state index < -0.39 is 0 Å². The topological polar surface area (TPSA) is 26.3 Å². The van der Waals surface area contributed by atoms with E-state index in [9.17, 15) is 9.18 Å². The predicted molar refractivity (Wildman–Crippen MR) is 66.3 cm³/mol. The summed E-state index contributed by atoms with van der Waals surface area (Å²) < 4.78 is 19.6. The molecule has 92 valence electrons. The van der Waals surface area contributed by atoms with Gasteiger partial charge < -0.3 is 4.74 Å². The second kappa shape index (κ2) is 5.27. The molecular formula is C13H14BrFO2. The molecule has 1 aromatic rings. The smallest absolute Gasteiger partial charge is 0.143 e. The highest BCUT2D eigenvalue weighted by Crippen LogP contribution is 2.24. The van der Waals surface area contributed by atoms with Gasteiger partial charge in [0.2, 0.25) is 0 Å². The second-order valence-electron chi connectivity index (χ2n) is 4.35. The zero-order valence-corrected chi connectivity index (χ0v) is 11.2. The minimum atomic E-state index is -0.334. The van der Waals surface area contributed by atoms with Crippen LogP contribution >= 0.6 is 15.9 Å². The molecule has 0 spiro atoms. The first-order valence-corrected chi connectivity index (χ1v) is 6.45. The summed E-state index contributed by atoms with van der Waals surface area (Å²) in [6, 6.07) is 4.79. The molecule has 0 aliphatic carbocycles. The molecule has 1 aromatic carbocycles. The Morgan fingerprint density at radius 3 is 2.94 bits per heavy atom. The van der Waals surface area contributed by atoms with Crippen LogP contribution in [0.5, 0.6) is 0 Å². The summed E-state index contributed by atoms with van der Waals surface area (Å²) in [7, 11) is 0. The van der Waals surface area contributed by atoms with Gasteiger partial charge in [-0.25, -0.2) is 4.39 Å². The van der Waals surface area contributed by atoms with E-state index >= 15 is 0 Å². The summed E-state index contributed by atoms with van der Waals surface area (Å²) >= 11 is 3.19. The third kappa shape index (κ3) is 2.93. The molecule has 0 aromatic heterocycles. The van der Waals surface area contributed by atoms with Crippen molar-refractivity contribution in [2.24, 2.45) is 5.92 Å². The van der Waals surface area contributed by atoms with E-state index in [1.807, 2.05) is 6.92 Å². The average molecular weight is 301 g/mol. The Bertz CT molecular complexity index is 433. The number of carbonyl (C=O) groups excluding carboxylic acids is 1. The Morgan fingerprint density at radius 2 is 2.35 bits per heavy atom. The van der Waals surface area contributed by atoms with Crippen LogP contribution < -0.4 is 0 Å². The Labute approximate surface area is 108 Å². The van der Waals surface area contributed by atoms with Crippen molar-refractivity contribution < 1.29 is 13.9 Å². The molecule has 1 aliphatic rings. The van der Waals surface area contributed by atoms with Crippen LogP contribution in [0.3, 0.4) is 0 Å². The van der Waals surface area contributed by atoms with Crippen LogP contribution in [0.4, 0.5) is 4.39 Å². The molecule has 4 heteroatoms. The highest BCUT2D eigenvalue weighted by atomic mass is 79.9. The van der Waals surface area contributed by atoms with Crippen LogP contribution in [0.25, 0.3) is 0 Å². The lowest BCUT2D eigenvalue weighted by atomic mass is 9.93. The SMILES string of the molecule is CC1OCCC1C(=O)Cc1ccc(Br)cc1F. The predicted octanol–water partition coefficient (Wildman–Crippen LogP) is 3.12. The molecule has 2 nitrogen and oxygen atoms in total. The molecule has 1 heterocycles. The number of ether oxygens (including phenoxy) is 1. The summed E-state index contributed by atoms with van der Waals surface area (Å²) in [5.41, 5.74) is 0.456. The van der Waals surface area contributed by atoms with E-state index in [4.69, 9.17) is 4.74 Å². The second-order valence-corrected chi connectivity index (χ2v) is 5.27. The van der Waals surface area contributed by atoms with Crippen molar-refractivity contribution in [2.75, 3.05) is 6.61 Å². The first-order valence-electron chi connectivity index (χ1n) is 5.66. The summed E-state index contributed by atoms with van der Waals surface area (Å²) in [6.07, 6.45) is 0.858. The van der Waals surface area contributed by atoms with Gasteiger partial charge in [0.1, 0.15) is 11.6 Å². The number of rotatable bonds is 3. The maximum absolute atomic E-state index is 13.6. The molecule has 1 fully saturated rings. The van der Waals surface area contributed by atoms with E-state index in [0.29, 0.717) is 16.6 Å². The molecule has 2 unspecified atom stereocenters. The fourth-order valence-corrected chi connectivity index (χ4v) is 2.47. The van der Waals surface area contributed by atoms with Crippen molar-refractivity contribution in [1.82, 2.24) is 0 Å². The molecule has 2 rings (SSSR count). The molecule has 1 aliphatic heterocycles. The van der Waals surface area contributed by atoms with E-state index in [-0.39, 0.29) is 30.0 Å². The van der Waals surface area contributed by atoms with Crippen LogP contribution in [0.2, 0.25) is 0 Å². The van der Waals surface area contributed by atoms with Gasteiger partial charge >= 0.3 is 0 Å². The molecule has 0 bridgehead atoms. The van der Waals surface area contributed by atoms with Crippen molar-refractivity contribution in [3.8, 4) is 0 Å². The first-order chi connectivity index (χ1) is 8.08. The van der Waals surface area contributed by atoms with E-state index in [2.05, 4.69) is 15.9 Å². The quantitative estimate of drug-likeness (QED) is 0.857. The molecular weight excluding hydrogens is 287 g/mol. The van der Waals surface area contributed by atoms with Crippen LogP contribution in [0.15, 0.2) is 22.7 Å². The minimum absolute atomic E-state index is 0.0407. The van der Waals surface area contributed by atoms with Crippen molar-refractivity contribution in [2.45, 2.75) is 25.9 Å². The van der Waals surface area contributed by atoms with Crippen LogP contribution in [0.1, 0.15) is 18.9 Å². The first kappa shape index (κ1) is 12.7. The van der Waals surface area contributed by atoms with Gasteiger partial charge in [0.15, 0.2) is 0 Å². The lowest BCUT2D eigenvalue weighted by Gasteiger charge is -2.12. The maximum Gasteiger partial charge on any atom is 0.143 e. The number of halogens is 2. The third-order valence-corrected chi connectivity index (χ3v) is 3.66. The molecule has 0 amide bonds. The third-order valence-electron chi connectivity index (χ3n) is 3.17. The van der Waals surface area contributed by atoms with Gasteiger partial charge in [0.25, 0.3) is 0 Å². The van der Waals surface area contributed by atoms with Gasteiger partial charge in [-0.3, -0.25) is 4.79 Å². The monoisotopic (exact) mass is 300 g/mol. The number of benzene rings is 1. The van der Waals surface area contributed by atoms with Gasteiger partial charge in [-0.15, -0.1) is 0 Å². The fourth-order valence-electron chi connectivity index (χ4n) is 2.14. The van der Waals surface area contributed by atoms with Crippen LogP contribution in [-0.2, 0) is 16.0 Å². The molecule has 1 saturated heterocycles. The molecule has 0 radical (unpaired) electrons. The number of hydrogen-bond donors (Lipinski definition) is 0. The van der Waals surface area contributed by atoms with E-state index in [1.165, 1.54) is 6.07 Å². The summed E-state index contributed by atoms with van der Waals surface area (Å²) in [6.45, 7) is 2.52. The van der Waals surface area contributed by atoms with Gasteiger partial charge in [0, 0.05) is 23.4 Å². The molecule has 0 saturated carbocycles. The Kier molecular flexibility index (Phi) is 3.94. The van der Waals surface area contributed by atoms with E-state index in [0.717, 1.165) is 6.42 Å². The summed E-state index contributed by atoms with van der Waals surface area (Å²) in [5.74, 6) is -0.353. The Hall–Kier alpha value is -0.740. The highest BCUT2D eigenvalue weighted by Gasteiger charge is 2.30. The Morgan fingerprint density at radius 1 is 1.59 bits per heavy atom. The zero-order valence-electron chi connectivity index (χ0n) is 9.58. The minimum Gasteiger partial charge on any atom is -0.378 e.